The molecule has 0 saturated carbocycles. The first-order valence-electron chi connectivity index (χ1n) is 8.85. The van der Waals surface area contributed by atoms with E-state index in [1.807, 2.05) is 38.1 Å². The normalized spacial score (nSPS) is 19.5. The van der Waals surface area contributed by atoms with Crippen LogP contribution in [0.5, 0.6) is 0 Å². The Morgan fingerprint density at radius 2 is 2.00 bits per heavy atom. The third-order valence-corrected chi connectivity index (χ3v) is 4.63. The van der Waals surface area contributed by atoms with Crippen LogP contribution in [0.1, 0.15) is 39.2 Å². The highest BCUT2D eigenvalue weighted by atomic mass is 16.5. The van der Waals surface area contributed by atoms with Gasteiger partial charge in [0.15, 0.2) is 0 Å². The maximum absolute atomic E-state index is 12.5. The van der Waals surface area contributed by atoms with Gasteiger partial charge < -0.3 is 10.1 Å². The number of aryl methyl sites for hydroxylation is 1. The quantitative estimate of drug-likeness (QED) is 0.814. The molecule has 5 nitrogen and oxygen atoms in total. The number of carbonyl (C=O) groups excluding carboxylic acids is 2. The van der Waals surface area contributed by atoms with Gasteiger partial charge in [-0.2, -0.15) is 0 Å². The largest absolute Gasteiger partial charge is 0.466 e. The van der Waals surface area contributed by atoms with Crippen LogP contribution in [0.4, 0.5) is 5.69 Å². The minimum absolute atomic E-state index is 0.0382. The van der Waals surface area contributed by atoms with Crippen LogP contribution >= 0.6 is 0 Å². The average Bonchev–Trinajstić information content (AvgIpc) is 2.62. The summed E-state index contributed by atoms with van der Waals surface area (Å²) in [5.74, 6) is -0.313. The molecule has 0 bridgehead atoms. The SMILES string of the molecule is CCOC(=O)C1CCCN(C(C)C(=O)Nc2ccc(CC)cc2)C1. The number of hydrogen-bond donors (Lipinski definition) is 1. The molecule has 1 fully saturated rings. The van der Waals surface area contributed by atoms with Crippen molar-refractivity contribution in [2.75, 3.05) is 25.0 Å². The number of carbonyl (C=O) groups is 2. The Labute approximate surface area is 144 Å². The van der Waals surface area contributed by atoms with Gasteiger partial charge in [0.2, 0.25) is 5.91 Å². The second-order valence-electron chi connectivity index (χ2n) is 6.30. The van der Waals surface area contributed by atoms with Gasteiger partial charge in [0.25, 0.3) is 0 Å². The number of hydrogen-bond acceptors (Lipinski definition) is 4. The molecule has 1 aromatic carbocycles. The van der Waals surface area contributed by atoms with Crippen molar-refractivity contribution < 1.29 is 14.3 Å². The number of ether oxygens (including phenoxy) is 1. The van der Waals surface area contributed by atoms with E-state index in [0.717, 1.165) is 31.5 Å². The van der Waals surface area contributed by atoms with Crippen LogP contribution in [0.3, 0.4) is 0 Å². The Bertz CT molecular complexity index is 556. The molecule has 24 heavy (non-hydrogen) atoms. The van der Waals surface area contributed by atoms with Crippen molar-refractivity contribution in [3.8, 4) is 0 Å². The zero-order valence-electron chi connectivity index (χ0n) is 14.9. The van der Waals surface area contributed by atoms with E-state index in [2.05, 4.69) is 17.1 Å². The number of nitrogens with one attached hydrogen (secondary N) is 1. The molecule has 0 aromatic heterocycles. The molecular formula is C19H28N2O3. The second kappa shape index (κ2) is 8.83. The van der Waals surface area contributed by atoms with Gasteiger partial charge in [-0.05, 0) is 57.4 Å². The van der Waals surface area contributed by atoms with Crippen LogP contribution in [0, 0.1) is 5.92 Å². The molecule has 0 spiro atoms. The predicted octanol–water partition coefficient (Wildman–Crippen LogP) is 2.85. The highest BCUT2D eigenvalue weighted by molar-refractivity contribution is 5.94. The third-order valence-electron chi connectivity index (χ3n) is 4.63. The summed E-state index contributed by atoms with van der Waals surface area (Å²) in [7, 11) is 0. The molecule has 1 aliphatic heterocycles. The molecule has 2 atom stereocenters. The minimum atomic E-state index is -0.270. The van der Waals surface area contributed by atoms with E-state index in [0.29, 0.717) is 13.2 Å². The maximum Gasteiger partial charge on any atom is 0.310 e. The lowest BCUT2D eigenvalue weighted by molar-refractivity contribution is -0.150. The van der Waals surface area contributed by atoms with Crippen molar-refractivity contribution in [2.24, 2.45) is 5.92 Å². The van der Waals surface area contributed by atoms with Gasteiger partial charge in [-0.1, -0.05) is 19.1 Å². The standard InChI is InChI=1S/C19H28N2O3/c1-4-15-8-10-17(11-9-15)20-18(22)14(3)21-12-6-7-16(13-21)19(23)24-5-2/h8-11,14,16H,4-7,12-13H2,1-3H3,(H,20,22). The summed E-state index contributed by atoms with van der Waals surface area (Å²) in [5.41, 5.74) is 2.05. The number of piperidine rings is 1. The van der Waals surface area contributed by atoms with Crippen molar-refractivity contribution in [1.82, 2.24) is 4.90 Å². The van der Waals surface area contributed by atoms with Crippen LogP contribution in [0.25, 0.3) is 0 Å². The topological polar surface area (TPSA) is 58.6 Å². The van der Waals surface area contributed by atoms with Crippen molar-refractivity contribution >= 4 is 17.6 Å². The van der Waals surface area contributed by atoms with Gasteiger partial charge in [-0.3, -0.25) is 14.5 Å². The zero-order chi connectivity index (χ0) is 17.5. The Morgan fingerprint density at radius 1 is 1.29 bits per heavy atom. The summed E-state index contributed by atoms with van der Waals surface area (Å²) in [6.07, 6.45) is 2.72. The monoisotopic (exact) mass is 332 g/mol. The van der Waals surface area contributed by atoms with Crippen LogP contribution in [0.15, 0.2) is 24.3 Å². The fraction of sp³-hybridized carbons (Fsp3) is 0.579. The highest BCUT2D eigenvalue weighted by Gasteiger charge is 2.31. The molecule has 1 heterocycles. The van der Waals surface area contributed by atoms with Gasteiger partial charge in [-0.15, -0.1) is 0 Å². The number of nitrogens with zero attached hydrogens (tertiary/aromatic N) is 1. The van der Waals surface area contributed by atoms with Gasteiger partial charge in [0, 0.05) is 12.2 Å². The summed E-state index contributed by atoms with van der Waals surface area (Å²) in [6, 6.07) is 7.64. The molecule has 1 N–H and O–H groups in total. The molecule has 2 rings (SSSR count). The second-order valence-corrected chi connectivity index (χ2v) is 6.30. The number of benzene rings is 1. The van der Waals surface area contributed by atoms with Crippen molar-refractivity contribution in [2.45, 2.75) is 46.1 Å². The molecule has 0 aliphatic carbocycles. The molecule has 1 aliphatic rings. The number of esters is 1. The van der Waals surface area contributed by atoms with Gasteiger partial charge in [0.05, 0.1) is 18.6 Å². The smallest absolute Gasteiger partial charge is 0.310 e. The van der Waals surface area contributed by atoms with Crippen molar-refractivity contribution in [3.63, 3.8) is 0 Å². The predicted molar refractivity (Wildman–Crippen MR) is 94.8 cm³/mol. The van der Waals surface area contributed by atoms with Crippen LogP contribution in [-0.4, -0.2) is 42.5 Å². The third kappa shape index (κ3) is 4.81. The van der Waals surface area contributed by atoms with Crippen LogP contribution < -0.4 is 5.32 Å². The highest BCUT2D eigenvalue weighted by Crippen LogP contribution is 2.20. The number of amides is 1. The molecule has 132 valence electrons. The van der Waals surface area contributed by atoms with E-state index >= 15 is 0 Å². The summed E-state index contributed by atoms with van der Waals surface area (Å²) >= 11 is 0. The molecule has 2 unspecified atom stereocenters. The summed E-state index contributed by atoms with van der Waals surface area (Å²) < 4.78 is 5.12. The molecule has 0 radical (unpaired) electrons. The number of rotatable bonds is 6. The van der Waals surface area contributed by atoms with Gasteiger partial charge >= 0.3 is 5.97 Å². The lowest BCUT2D eigenvalue weighted by atomic mass is 9.97. The summed E-state index contributed by atoms with van der Waals surface area (Å²) in [6.45, 7) is 7.63. The summed E-state index contributed by atoms with van der Waals surface area (Å²) in [4.78, 5) is 26.5. The first-order valence-corrected chi connectivity index (χ1v) is 8.85. The fourth-order valence-corrected chi connectivity index (χ4v) is 3.05. The number of likely N-dealkylation sites (tertiary alicyclic amines) is 1. The first kappa shape index (κ1) is 18.5. The molecule has 1 amide bonds. The number of anilines is 1. The van der Waals surface area contributed by atoms with Gasteiger partial charge in [0.1, 0.15) is 0 Å². The molecule has 1 aromatic rings. The van der Waals surface area contributed by atoms with Crippen molar-refractivity contribution in [3.05, 3.63) is 29.8 Å². The van der Waals surface area contributed by atoms with Crippen molar-refractivity contribution in [1.29, 1.82) is 0 Å². The Hall–Kier alpha value is -1.88. The molecule has 5 heteroatoms. The minimum Gasteiger partial charge on any atom is -0.466 e. The van der Waals surface area contributed by atoms with E-state index in [4.69, 9.17) is 4.74 Å². The summed E-state index contributed by atoms with van der Waals surface area (Å²) in [5, 5.41) is 2.96. The Morgan fingerprint density at radius 3 is 2.62 bits per heavy atom. The average molecular weight is 332 g/mol. The zero-order valence-corrected chi connectivity index (χ0v) is 14.9. The molecule has 1 saturated heterocycles. The van der Waals surface area contributed by atoms with Gasteiger partial charge in [-0.25, -0.2) is 0 Å². The van der Waals surface area contributed by atoms with E-state index in [1.165, 1.54) is 5.56 Å². The van der Waals surface area contributed by atoms with Crippen LogP contribution in [-0.2, 0) is 20.7 Å². The lowest BCUT2D eigenvalue weighted by Gasteiger charge is -2.35. The van der Waals surface area contributed by atoms with E-state index in [1.54, 1.807) is 0 Å². The van der Waals surface area contributed by atoms with E-state index < -0.39 is 0 Å². The molecular weight excluding hydrogens is 304 g/mol. The van der Waals surface area contributed by atoms with Crippen LogP contribution in [0.2, 0.25) is 0 Å². The maximum atomic E-state index is 12.5. The Balaban J connectivity index is 1.92. The fourth-order valence-electron chi connectivity index (χ4n) is 3.05. The Kier molecular flexibility index (Phi) is 6.79. The lowest BCUT2D eigenvalue weighted by Crippen LogP contribution is -2.48. The first-order chi connectivity index (χ1) is 11.5. The van der Waals surface area contributed by atoms with E-state index in [9.17, 15) is 9.59 Å². The van der Waals surface area contributed by atoms with E-state index in [-0.39, 0.29) is 23.8 Å².